The second kappa shape index (κ2) is 5.97. The van der Waals surface area contributed by atoms with Crippen LogP contribution in [0.25, 0.3) is 0 Å². The normalized spacial score (nSPS) is 15.3. The van der Waals surface area contributed by atoms with E-state index >= 15 is 0 Å². The first-order valence-electron chi connectivity index (χ1n) is 7.02. The van der Waals surface area contributed by atoms with Crippen LogP contribution in [-0.4, -0.2) is 42.0 Å². The summed E-state index contributed by atoms with van der Waals surface area (Å²) < 4.78 is 5.42. The van der Waals surface area contributed by atoms with Gasteiger partial charge in [0.2, 0.25) is 0 Å². The number of furan rings is 1. The van der Waals surface area contributed by atoms with E-state index in [9.17, 15) is 4.79 Å². The van der Waals surface area contributed by atoms with Crippen LogP contribution in [0.4, 0.5) is 5.82 Å². The van der Waals surface area contributed by atoms with Crippen molar-refractivity contribution in [3.63, 3.8) is 0 Å². The highest BCUT2D eigenvalue weighted by Crippen LogP contribution is 2.15. The number of carbonyl (C=O) groups is 1. The molecule has 0 unspecified atom stereocenters. The van der Waals surface area contributed by atoms with Gasteiger partial charge in [0.25, 0.3) is 5.91 Å². The lowest BCUT2D eigenvalue weighted by Gasteiger charge is -2.34. The summed E-state index contributed by atoms with van der Waals surface area (Å²) in [5.74, 6) is 1.87. The fourth-order valence-electron chi connectivity index (χ4n) is 2.44. The summed E-state index contributed by atoms with van der Waals surface area (Å²) in [6.45, 7) is 3.17. The highest BCUT2D eigenvalue weighted by Gasteiger charge is 2.24. The number of nitrogens with zero attached hydrogens (tertiary/aromatic N) is 3. The highest BCUT2D eigenvalue weighted by molar-refractivity contribution is 5.91. The Kier molecular flexibility index (Phi) is 3.87. The van der Waals surface area contributed by atoms with Gasteiger partial charge in [0, 0.05) is 32.4 Å². The molecule has 0 aromatic carbocycles. The Labute approximate surface area is 123 Å². The fraction of sp³-hybridized carbons (Fsp3) is 0.333. The predicted octanol–water partition coefficient (Wildman–Crippen LogP) is 1.10. The zero-order valence-corrected chi connectivity index (χ0v) is 11.7. The maximum atomic E-state index is 12.3. The van der Waals surface area contributed by atoms with E-state index in [0.29, 0.717) is 31.2 Å². The Morgan fingerprint density at radius 3 is 2.62 bits per heavy atom. The summed E-state index contributed by atoms with van der Waals surface area (Å²) >= 11 is 0. The molecule has 1 fully saturated rings. The second-order valence-corrected chi connectivity index (χ2v) is 4.94. The molecule has 6 heteroatoms. The molecular formula is C15H18N4O2. The molecule has 0 aliphatic carbocycles. The van der Waals surface area contributed by atoms with Crippen molar-refractivity contribution < 1.29 is 9.21 Å². The number of pyridine rings is 1. The SMILES string of the molecule is NCc1ccc(C(=O)N2CCN(c3ccccn3)CC2)o1. The summed E-state index contributed by atoms with van der Waals surface area (Å²) in [4.78, 5) is 20.6. The van der Waals surface area contributed by atoms with Gasteiger partial charge in [-0.1, -0.05) is 6.07 Å². The van der Waals surface area contributed by atoms with Gasteiger partial charge in [-0.05, 0) is 24.3 Å². The lowest BCUT2D eigenvalue weighted by Crippen LogP contribution is -2.49. The molecule has 2 aromatic rings. The maximum absolute atomic E-state index is 12.3. The van der Waals surface area contributed by atoms with Gasteiger partial charge in [0.05, 0.1) is 6.54 Å². The number of carbonyl (C=O) groups excluding carboxylic acids is 1. The van der Waals surface area contributed by atoms with E-state index in [1.165, 1.54) is 0 Å². The molecule has 3 rings (SSSR count). The van der Waals surface area contributed by atoms with Crippen molar-refractivity contribution >= 4 is 11.7 Å². The minimum atomic E-state index is -0.0737. The topological polar surface area (TPSA) is 75.6 Å². The molecule has 0 spiro atoms. The summed E-state index contributed by atoms with van der Waals surface area (Å²) in [5, 5.41) is 0. The Morgan fingerprint density at radius 2 is 2.00 bits per heavy atom. The Balaban J connectivity index is 1.61. The van der Waals surface area contributed by atoms with Crippen molar-refractivity contribution in [3.8, 4) is 0 Å². The van der Waals surface area contributed by atoms with Crippen LogP contribution in [0, 0.1) is 0 Å². The quantitative estimate of drug-likeness (QED) is 0.914. The molecule has 0 atom stereocenters. The fourth-order valence-corrected chi connectivity index (χ4v) is 2.44. The predicted molar refractivity (Wildman–Crippen MR) is 79.0 cm³/mol. The van der Waals surface area contributed by atoms with Crippen LogP contribution in [0.15, 0.2) is 40.9 Å². The molecule has 2 aromatic heterocycles. The number of amides is 1. The Bertz CT molecular complexity index is 603. The van der Waals surface area contributed by atoms with Gasteiger partial charge >= 0.3 is 0 Å². The summed E-state index contributed by atoms with van der Waals surface area (Å²) in [5.41, 5.74) is 5.49. The number of hydrogen-bond acceptors (Lipinski definition) is 5. The molecule has 2 N–H and O–H groups in total. The van der Waals surface area contributed by atoms with Crippen molar-refractivity contribution in [1.29, 1.82) is 0 Å². The Morgan fingerprint density at radius 1 is 1.19 bits per heavy atom. The van der Waals surface area contributed by atoms with E-state index in [0.717, 1.165) is 18.9 Å². The zero-order chi connectivity index (χ0) is 14.7. The number of hydrogen-bond donors (Lipinski definition) is 1. The lowest BCUT2D eigenvalue weighted by atomic mass is 10.2. The van der Waals surface area contributed by atoms with Gasteiger partial charge in [0.1, 0.15) is 11.6 Å². The molecule has 110 valence electrons. The van der Waals surface area contributed by atoms with E-state index in [1.54, 1.807) is 23.2 Å². The number of nitrogens with two attached hydrogens (primary N) is 1. The molecule has 1 saturated heterocycles. The highest BCUT2D eigenvalue weighted by atomic mass is 16.4. The van der Waals surface area contributed by atoms with Crippen molar-refractivity contribution in [2.75, 3.05) is 31.1 Å². The molecule has 1 amide bonds. The van der Waals surface area contributed by atoms with E-state index in [4.69, 9.17) is 10.2 Å². The second-order valence-electron chi connectivity index (χ2n) is 4.94. The van der Waals surface area contributed by atoms with Crippen LogP contribution >= 0.6 is 0 Å². The summed E-state index contributed by atoms with van der Waals surface area (Å²) in [6, 6.07) is 9.29. The summed E-state index contributed by atoms with van der Waals surface area (Å²) in [7, 11) is 0. The third kappa shape index (κ3) is 2.90. The van der Waals surface area contributed by atoms with Crippen LogP contribution in [0.2, 0.25) is 0 Å². The van der Waals surface area contributed by atoms with Crippen molar-refractivity contribution in [1.82, 2.24) is 9.88 Å². The monoisotopic (exact) mass is 286 g/mol. The first-order valence-corrected chi connectivity index (χ1v) is 7.02. The van der Waals surface area contributed by atoms with Crippen LogP contribution < -0.4 is 10.6 Å². The van der Waals surface area contributed by atoms with Gasteiger partial charge in [-0.2, -0.15) is 0 Å². The minimum Gasteiger partial charge on any atom is -0.455 e. The van der Waals surface area contributed by atoms with Gasteiger partial charge in [-0.25, -0.2) is 4.98 Å². The molecule has 3 heterocycles. The van der Waals surface area contributed by atoms with Gasteiger partial charge in [-0.3, -0.25) is 4.79 Å². The van der Waals surface area contributed by atoms with Crippen LogP contribution in [0.3, 0.4) is 0 Å². The zero-order valence-electron chi connectivity index (χ0n) is 11.7. The lowest BCUT2D eigenvalue weighted by molar-refractivity contribution is 0.0712. The number of aromatic nitrogens is 1. The van der Waals surface area contributed by atoms with Gasteiger partial charge in [0.15, 0.2) is 5.76 Å². The average molecular weight is 286 g/mol. The standard InChI is InChI=1S/C15H18N4O2/c16-11-12-4-5-13(21-12)15(20)19-9-7-18(8-10-19)14-3-1-2-6-17-14/h1-6H,7-11,16H2. The van der Waals surface area contributed by atoms with Crippen molar-refractivity contribution in [2.45, 2.75) is 6.54 Å². The molecule has 1 aliphatic rings. The summed E-state index contributed by atoms with van der Waals surface area (Å²) in [6.07, 6.45) is 1.78. The maximum Gasteiger partial charge on any atom is 0.289 e. The Hall–Kier alpha value is -2.34. The third-order valence-electron chi connectivity index (χ3n) is 3.61. The van der Waals surface area contributed by atoms with Gasteiger partial charge in [-0.15, -0.1) is 0 Å². The average Bonchev–Trinajstić information content (AvgIpc) is 3.04. The first-order chi connectivity index (χ1) is 10.3. The molecule has 0 bridgehead atoms. The van der Waals surface area contributed by atoms with E-state index in [2.05, 4.69) is 9.88 Å². The third-order valence-corrected chi connectivity index (χ3v) is 3.61. The van der Waals surface area contributed by atoms with E-state index in [1.807, 2.05) is 18.2 Å². The number of anilines is 1. The van der Waals surface area contributed by atoms with Crippen LogP contribution in [0.5, 0.6) is 0 Å². The molecule has 6 nitrogen and oxygen atoms in total. The molecule has 1 aliphatic heterocycles. The number of rotatable bonds is 3. The van der Waals surface area contributed by atoms with E-state index in [-0.39, 0.29) is 5.91 Å². The first kappa shape index (κ1) is 13.6. The smallest absolute Gasteiger partial charge is 0.289 e. The van der Waals surface area contributed by atoms with Crippen molar-refractivity contribution in [2.24, 2.45) is 5.73 Å². The molecule has 21 heavy (non-hydrogen) atoms. The largest absolute Gasteiger partial charge is 0.455 e. The van der Waals surface area contributed by atoms with Gasteiger partial charge < -0.3 is 20.0 Å². The molecular weight excluding hydrogens is 268 g/mol. The molecule has 0 radical (unpaired) electrons. The van der Waals surface area contributed by atoms with E-state index < -0.39 is 0 Å². The minimum absolute atomic E-state index is 0.0737. The van der Waals surface area contributed by atoms with Crippen LogP contribution in [0.1, 0.15) is 16.3 Å². The van der Waals surface area contributed by atoms with Crippen molar-refractivity contribution in [3.05, 3.63) is 48.0 Å². The van der Waals surface area contributed by atoms with Crippen LogP contribution in [-0.2, 0) is 6.54 Å². The molecule has 0 saturated carbocycles. The number of piperazine rings is 1.